The number of amides is 1. The van der Waals surface area contributed by atoms with E-state index in [0.29, 0.717) is 0 Å². The van der Waals surface area contributed by atoms with Crippen molar-refractivity contribution in [3.05, 3.63) is 40.7 Å². The van der Waals surface area contributed by atoms with E-state index in [1.165, 1.54) is 12.1 Å². The molecule has 1 rings (SSSR count). The molecule has 7 heteroatoms. The largest absolute Gasteiger partial charge is 0.433 e. The molecule has 1 aromatic rings. The van der Waals surface area contributed by atoms with E-state index in [0.717, 1.165) is 12.3 Å². The second kappa shape index (κ2) is 4.70. The van der Waals surface area contributed by atoms with E-state index in [1.54, 1.807) is 0 Å². The van der Waals surface area contributed by atoms with Gasteiger partial charge < -0.3 is 4.42 Å². The van der Waals surface area contributed by atoms with Crippen LogP contribution in [-0.4, -0.2) is 17.0 Å². The zero-order valence-corrected chi connectivity index (χ0v) is 7.54. The third-order valence-electron chi connectivity index (χ3n) is 1.34. The lowest BCUT2D eigenvalue weighted by molar-refractivity contribution is -0.402. The molecule has 0 fully saturated rings. The molecule has 0 aromatic carbocycles. The Morgan fingerprint density at radius 3 is 2.93 bits per heavy atom. The molecule has 0 saturated carbocycles. The van der Waals surface area contributed by atoms with Gasteiger partial charge in [-0.05, 0) is 12.1 Å². The summed E-state index contributed by atoms with van der Waals surface area (Å²) >= 11 is 0. The van der Waals surface area contributed by atoms with Gasteiger partial charge in [-0.3, -0.25) is 14.9 Å². The van der Waals surface area contributed by atoms with E-state index in [4.69, 9.17) is 4.42 Å². The molecule has 0 aliphatic rings. The van der Waals surface area contributed by atoms with Crippen LogP contribution in [0.2, 0.25) is 0 Å². The number of nitro groups is 1. The summed E-state index contributed by atoms with van der Waals surface area (Å²) in [6.07, 6.45) is 2.19. The summed E-state index contributed by atoms with van der Waals surface area (Å²) in [5, 5.41) is 13.7. The first kappa shape index (κ1) is 10.6. The summed E-state index contributed by atoms with van der Waals surface area (Å²) in [5.41, 5.74) is 2.10. The Balaban J connectivity index is 2.61. The third-order valence-corrected chi connectivity index (χ3v) is 1.34. The van der Waals surface area contributed by atoms with Crippen molar-refractivity contribution in [2.75, 3.05) is 0 Å². The van der Waals surface area contributed by atoms with Crippen LogP contribution in [0, 0.1) is 10.1 Å². The van der Waals surface area contributed by atoms with Crippen LogP contribution < -0.4 is 5.43 Å². The molecular weight excluding hydrogens is 202 g/mol. The Bertz CT molecular complexity index is 421. The maximum absolute atomic E-state index is 10.6. The van der Waals surface area contributed by atoms with Crippen molar-refractivity contribution >= 4 is 18.0 Å². The maximum atomic E-state index is 10.6. The number of hydrogen-bond acceptors (Lipinski definition) is 5. The fraction of sp³-hybridized carbons (Fsp3) is 0. The third kappa shape index (κ3) is 3.07. The van der Waals surface area contributed by atoms with Crippen LogP contribution in [0.3, 0.4) is 0 Å². The second-order valence-electron chi connectivity index (χ2n) is 2.37. The summed E-state index contributed by atoms with van der Waals surface area (Å²) in [6, 6.07) is 2.55. The van der Waals surface area contributed by atoms with Crippen molar-refractivity contribution in [3.8, 4) is 0 Å². The van der Waals surface area contributed by atoms with E-state index in [1.807, 2.05) is 0 Å². The van der Waals surface area contributed by atoms with Crippen LogP contribution in [-0.2, 0) is 4.79 Å². The minimum atomic E-state index is -0.667. The minimum absolute atomic E-state index is 0.172. The van der Waals surface area contributed by atoms with Gasteiger partial charge in [0, 0.05) is 0 Å². The zero-order valence-electron chi connectivity index (χ0n) is 7.54. The standard InChI is InChI=1S/C8H7N3O4/c1-2-7(12)10-9-5-6-3-4-8(15-6)11(13)14/h2-5H,1H2,(H,10,12). The number of carbonyl (C=O) groups excluding carboxylic acids is 1. The highest BCUT2D eigenvalue weighted by Gasteiger charge is 2.09. The first-order valence-electron chi connectivity index (χ1n) is 3.83. The molecule has 0 saturated heterocycles. The fourth-order valence-corrected chi connectivity index (χ4v) is 0.715. The SMILES string of the molecule is C=CC(=O)NN=Cc1ccc([N+](=O)[O-])o1. The number of nitrogens with one attached hydrogen (secondary N) is 1. The number of hydrazone groups is 1. The van der Waals surface area contributed by atoms with E-state index < -0.39 is 10.8 Å². The lowest BCUT2D eigenvalue weighted by atomic mass is 10.5. The molecule has 1 heterocycles. The number of furan rings is 1. The van der Waals surface area contributed by atoms with Crippen molar-refractivity contribution in [2.45, 2.75) is 0 Å². The monoisotopic (exact) mass is 209 g/mol. The number of hydrogen-bond donors (Lipinski definition) is 1. The second-order valence-corrected chi connectivity index (χ2v) is 2.37. The molecule has 0 bridgehead atoms. The number of carbonyl (C=O) groups is 1. The van der Waals surface area contributed by atoms with E-state index in [9.17, 15) is 14.9 Å². The average molecular weight is 209 g/mol. The van der Waals surface area contributed by atoms with Gasteiger partial charge in [-0.15, -0.1) is 0 Å². The molecule has 1 aromatic heterocycles. The first-order valence-corrected chi connectivity index (χ1v) is 3.83. The zero-order chi connectivity index (χ0) is 11.3. The quantitative estimate of drug-likeness (QED) is 0.343. The van der Waals surface area contributed by atoms with Gasteiger partial charge in [-0.2, -0.15) is 5.10 Å². The molecule has 1 amide bonds. The lowest BCUT2D eigenvalue weighted by Gasteiger charge is -1.89. The Labute approximate surface area is 84.2 Å². The number of rotatable bonds is 4. The number of nitrogens with zero attached hydrogens (tertiary/aromatic N) is 2. The molecule has 0 aliphatic carbocycles. The Kier molecular flexibility index (Phi) is 3.33. The van der Waals surface area contributed by atoms with Crippen LogP contribution in [0.5, 0.6) is 0 Å². The van der Waals surface area contributed by atoms with Crippen molar-refractivity contribution in [3.63, 3.8) is 0 Å². The molecule has 78 valence electrons. The van der Waals surface area contributed by atoms with Crippen LogP contribution in [0.15, 0.2) is 34.3 Å². The summed E-state index contributed by atoms with van der Waals surface area (Å²) < 4.78 is 4.74. The van der Waals surface area contributed by atoms with Crippen molar-refractivity contribution in [1.29, 1.82) is 0 Å². The summed E-state index contributed by atoms with van der Waals surface area (Å²) in [4.78, 5) is 20.2. The topological polar surface area (TPSA) is 97.7 Å². The van der Waals surface area contributed by atoms with Gasteiger partial charge in [0.2, 0.25) is 0 Å². The van der Waals surface area contributed by atoms with Crippen LogP contribution in [0.1, 0.15) is 5.76 Å². The van der Waals surface area contributed by atoms with Crippen molar-refractivity contribution in [1.82, 2.24) is 5.43 Å². The van der Waals surface area contributed by atoms with Gasteiger partial charge in [0.25, 0.3) is 5.91 Å². The molecule has 0 unspecified atom stereocenters. The van der Waals surface area contributed by atoms with E-state index in [-0.39, 0.29) is 11.6 Å². The average Bonchev–Trinajstić information content (AvgIpc) is 2.66. The van der Waals surface area contributed by atoms with E-state index in [2.05, 4.69) is 17.1 Å². The predicted molar refractivity (Wildman–Crippen MR) is 51.3 cm³/mol. The van der Waals surface area contributed by atoms with Crippen LogP contribution in [0.4, 0.5) is 5.88 Å². The molecule has 1 N–H and O–H groups in total. The highest BCUT2D eigenvalue weighted by atomic mass is 16.6. The predicted octanol–water partition coefficient (Wildman–Crippen LogP) is 0.824. The molecule has 0 radical (unpaired) electrons. The highest BCUT2D eigenvalue weighted by Crippen LogP contribution is 2.13. The Hall–Kier alpha value is -2.44. The molecule has 0 atom stereocenters. The Morgan fingerprint density at radius 2 is 2.40 bits per heavy atom. The lowest BCUT2D eigenvalue weighted by Crippen LogP contribution is -2.13. The smallest absolute Gasteiger partial charge is 0.400 e. The van der Waals surface area contributed by atoms with Gasteiger partial charge >= 0.3 is 5.88 Å². The van der Waals surface area contributed by atoms with Crippen LogP contribution >= 0.6 is 0 Å². The first-order chi connectivity index (χ1) is 7.13. The molecule has 15 heavy (non-hydrogen) atoms. The fourth-order valence-electron chi connectivity index (χ4n) is 0.715. The summed E-state index contributed by atoms with van der Waals surface area (Å²) in [7, 11) is 0. The maximum Gasteiger partial charge on any atom is 0.433 e. The summed E-state index contributed by atoms with van der Waals surface area (Å²) in [5.74, 6) is -0.690. The molecule has 7 nitrogen and oxygen atoms in total. The van der Waals surface area contributed by atoms with Crippen LogP contribution in [0.25, 0.3) is 0 Å². The van der Waals surface area contributed by atoms with Gasteiger partial charge in [-0.1, -0.05) is 6.58 Å². The van der Waals surface area contributed by atoms with Gasteiger partial charge in [0.1, 0.15) is 4.92 Å². The minimum Gasteiger partial charge on any atom is -0.400 e. The van der Waals surface area contributed by atoms with Gasteiger partial charge in [-0.25, -0.2) is 5.43 Å². The van der Waals surface area contributed by atoms with Crippen molar-refractivity contribution < 1.29 is 14.1 Å². The summed E-state index contributed by atoms with van der Waals surface area (Å²) in [6.45, 7) is 3.21. The molecule has 0 aliphatic heterocycles. The van der Waals surface area contributed by atoms with Gasteiger partial charge in [0.05, 0.1) is 12.3 Å². The molecular formula is C8H7N3O4. The van der Waals surface area contributed by atoms with Gasteiger partial charge in [0.15, 0.2) is 5.76 Å². The molecule has 0 spiro atoms. The normalized spacial score (nSPS) is 10.1. The Morgan fingerprint density at radius 1 is 1.67 bits per heavy atom. The van der Waals surface area contributed by atoms with E-state index >= 15 is 0 Å². The van der Waals surface area contributed by atoms with Crippen molar-refractivity contribution in [2.24, 2.45) is 5.10 Å². The highest BCUT2D eigenvalue weighted by molar-refractivity contribution is 5.88.